The van der Waals surface area contributed by atoms with Gasteiger partial charge in [0, 0.05) is 17.8 Å². The van der Waals surface area contributed by atoms with Crippen molar-refractivity contribution in [3.63, 3.8) is 0 Å². The van der Waals surface area contributed by atoms with E-state index in [1.165, 1.54) is 7.11 Å². The number of benzene rings is 1. The second-order valence-corrected chi connectivity index (χ2v) is 4.93. The third kappa shape index (κ3) is 2.62. The van der Waals surface area contributed by atoms with Gasteiger partial charge in [-0.05, 0) is 50.5 Å². The molecule has 1 aliphatic heterocycles. The summed E-state index contributed by atoms with van der Waals surface area (Å²) in [6.45, 7) is 4.37. The predicted octanol–water partition coefficient (Wildman–Crippen LogP) is 2.34. The van der Waals surface area contributed by atoms with Gasteiger partial charge in [0.05, 0.1) is 7.11 Å². The summed E-state index contributed by atoms with van der Waals surface area (Å²) in [6, 6.07) is 5.42. The molecule has 0 saturated carbocycles. The van der Waals surface area contributed by atoms with Crippen molar-refractivity contribution in [2.75, 3.05) is 18.6 Å². The van der Waals surface area contributed by atoms with Crippen molar-refractivity contribution in [1.82, 2.24) is 0 Å². The molecule has 1 saturated heterocycles. The van der Waals surface area contributed by atoms with E-state index in [-0.39, 0.29) is 17.8 Å². The zero-order valence-electron chi connectivity index (χ0n) is 11.6. The van der Waals surface area contributed by atoms with Gasteiger partial charge < -0.3 is 9.64 Å². The Bertz CT molecular complexity index is 510. The summed E-state index contributed by atoms with van der Waals surface area (Å²) < 4.78 is 4.85. The molecule has 1 atom stereocenters. The number of nitrogens with zero attached hydrogens (tertiary/aromatic N) is 1. The number of hydrogen-bond acceptors (Lipinski definition) is 4. The van der Waals surface area contributed by atoms with Crippen molar-refractivity contribution >= 4 is 17.4 Å². The maximum absolute atomic E-state index is 11.8. The van der Waals surface area contributed by atoms with Crippen LogP contribution in [0.2, 0.25) is 0 Å². The Morgan fingerprint density at radius 2 is 2.11 bits per heavy atom. The van der Waals surface area contributed by atoms with E-state index < -0.39 is 0 Å². The van der Waals surface area contributed by atoms with Crippen LogP contribution in [0.3, 0.4) is 0 Å². The number of hydrogen-bond donors (Lipinski definition) is 0. The molecule has 0 radical (unpaired) electrons. The third-order valence-corrected chi connectivity index (χ3v) is 3.64. The van der Waals surface area contributed by atoms with Gasteiger partial charge in [0.2, 0.25) is 0 Å². The van der Waals surface area contributed by atoms with Crippen LogP contribution < -0.4 is 4.90 Å². The van der Waals surface area contributed by atoms with E-state index >= 15 is 0 Å². The molecular weight excluding hydrogens is 242 g/mol. The fourth-order valence-corrected chi connectivity index (χ4v) is 2.63. The molecule has 102 valence electrons. The number of rotatable bonds is 3. The molecule has 19 heavy (non-hydrogen) atoms. The molecule has 1 aromatic carbocycles. The Morgan fingerprint density at radius 1 is 1.37 bits per heavy atom. The molecule has 1 aliphatic rings. The molecule has 4 nitrogen and oxygen atoms in total. The summed E-state index contributed by atoms with van der Waals surface area (Å²) in [4.78, 5) is 25.2. The minimum absolute atomic E-state index is 0.0561. The van der Waals surface area contributed by atoms with E-state index in [2.05, 4.69) is 4.90 Å². The highest BCUT2D eigenvalue weighted by atomic mass is 16.5. The van der Waals surface area contributed by atoms with E-state index in [1.807, 2.05) is 25.1 Å². The molecule has 0 spiro atoms. The lowest BCUT2D eigenvalue weighted by atomic mass is 10.1. The summed E-state index contributed by atoms with van der Waals surface area (Å²) in [7, 11) is 1.42. The molecular formula is C15H19NO3. The molecule has 0 N–H and O–H groups in total. The SMILES string of the molecule is COC(=O)C1CCCN1c1ccc(C(C)=O)cc1C. The summed E-state index contributed by atoms with van der Waals surface area (Å²) in [6.07, 6.45) is 1.80. The number of methoxy groups -OCH3 is 1. The van der Waals surface area contributed by atoms with E-state index in [0.29, 0.717) is 5.56 Å². The second-order valence-electron chi connectivity index (χ2n) is 4.93. The molecule has 2 rings (SSSR count). The van der Waals surface area contributed by atoms with Gasteiger partial charge in [-0.15, -0.1) is 0 Å². The minimum Gasteiger partial charge on any atom is -0.467 e. The van der Waals surface area contributed by atoms with Crippen LogP contribution in [-0.2, 0) is 9.53 Å². The summed E-state index contributed by atoms with van der Waals surface area (Å²) in [5.74, 6) is -0.131. The van der Waals surface area contributed by atoms with Crippen LogP contribution in [-0.4, -0.2) is 31.4 Å². The van der Waals surface area contributed by atoms with Crippen LogP contribution in [0.1, 0.15) is 35.7 Å². The Labute approximate surface area is 113 Å². The highest BCUT2D eigenvalue weighted by Crippen LogP contribution is 2.29. The van der Waals surface area contributed by atoms with Crippen molar-refractivity contribution in [2.24, 2.45) is 0 Å². The zero-order valence-corrected chi connectivity index (χ0v) is 11.6. The van der Waals surface area contributed by atoms with Crippen LogP contribution in [0.25, 0.3) is 0 Å². The number of anilines is 1. The maximum atomic E-state index is 11.8. The molecule has 0 bridgehead atoms. The first-order valence-electron chi connectivity index (χ1n) is 6.50. The minimum atomic E-state index is -0.202. The first-order chi connectivity index (χ1) is 9.04. The molecule has 1 heterocycles. The number of ketones is 1. The lowest BCUT2D eigenvalue weighted by molar-refractivity contribution is -0.141. The predicted molar refractivity (Wildman–Crippen MR) is 73.6 cm³/mol. The van der Waals surface area contributed by atoms with Gasteiger partial charge in [-0.1, -0.05) is 0 Å². The monoisotopic (exact) mass is 261 g/mol. The van der Waals surface area contributed by atoms with E-state index in [9.17, 15) is 9.59 Å². The summed E-state index contributed by atoms with van der Waals surface area (Å²) in [5, 5.41) is 0. The number of ether oxygens (including phenoxy) is 1. The Morgan fingerprint density at radius 3 is 2.68 bits per heavy atom. The van der Waals surface area contributed by atoms with Crippen LogP contribution in [0, 0.1) is 6.92 Å². The molecule has 4 heteroatoms. The van der Waals surface area contributed by atoms with E-state index in [0.717, 1.165) is 30.6 Å². The first kappa shape index (κ1) is 13.6. The standard InChI is InChI=1S/C15H19NO3/c1-10-9-12(11(2)17)6-7-13(10)16-8-4-5-14(16)15(18)19-3/h6-7,9,14H,4-5,8H2,1-3H3. The second kappa shape index (κ2) is 5.43. The Balaban J connectivity index is 2.31. The maximum Gasteiger partial charge on any atom is 0.328 e. The number of aryl methyl sites for hydroxylation is 1. The fraction of sp³-hybridized carbons (Fsp3) is 0.467. The van der Waals surface area contributed by atoms with Crippen molar-refractivity contribution < 1.29 is 14.3 Å². The van der Waals surface area contributed by atoms with Crippen LogP contribution in [0.15, 0.2) is 18.2 Å². The molecule has 0 aliphatic carbocycles. The van der Waals surface area contributed by atoms with E-state index in [4.69, 9.17) is 4.74 Å². The lowest BCUT2D eigenvalue weighted by Crippen LogP contribution is -2.37. The smallest absolute Gasteiger partial charge is 0.328 e. The molecule has 1 aromatic rings. The zero-order chi connectivity index (χ0) is 14.0. The van der Waals surface area contributed by atoms with E-state index in [1.54, 1.807) is 6.92 Å². The average molecular weight is 261 g/mol. The normalized spacial score (nSPS) is 18.5. The quantitative estimate of drug-likeness (QED) is 0.619. The topological polar surface area (TPSA) is 46.6 Å². The van der Waals surface area contributed by atoms with Gasteiger partial charge in [-0.25, -0.2) is 4.79 Å². The lowest BCUT2D eigenvalue weighted by Gasteiger charge is -2.26. The highest BCUT2D eigenvalue weighted by molar-refractivity contribution is 5.95. The van der Waals surface area contributed by atoms with Gasteiger partial charge in [-0.2, -0.15) is 0 Å². The Hall–Kier alpha value is -1.84. The van der Waals surface area contributed by atoms with Gasteiger partial charge in [0.1, 0.15) is 6.04 Å². The molecule has 0 aromatic heterocycles. The molecule has 0 amide bonds. The van der Waals surface area contributed by atoms with Crippen molar-refractivity contribution in [2.45, 2.75) is 32.7 Å². The summed E-state index contributed by atoms with van der Waals surface area (Å²) >= 11 is 0. The number of esters is 1. The molecule has 1 unspecified atom stereocenters. The Kier molecular flexibility index (Phi) is 3.88. The fourth-order valence-electron chi connectivity index (χ4n) is 2.63. The van der Waals surface area contributed by atoms with Crippen LogP contribution >= 0.6 is 0 Å². The highest BCUT2D eigenvalue weighted by Gasteiger charge is 2.32. The number of Topliss-reactive ketones (excluding diaryl/α,β-unsaturated/α-hetero) is 1. The van der Waals surface area contributed by atoms with Crippen molar-refractivity contribution in [3.05, 3.63) is 29.3 Å². The number of carbonyl (C=O) groups excluding carboxylic acids is 2. The molecule has 1 fully saturated rings. The van der Waals surface area contributed by atoms with Gasteiger partial charge in [-0.3, -0.25) is 4.79 Å². The van der Waals surface area contributed by atoms with Gasteiger partial charge in [0.25, 0.3) is 0 Å². The van der Waals surface area contributed by atoms with Crippen molar-refractivity contribution in [3.8, 4) is 0 Å². The number of carbonyl (C=O) groups is 2. The van der Waals surface area contributed by atoms with Crippen LogP contribution in [0.4, 0.5) is 5.69 Å². The summed E-state index contributed by atoms with van der Waals surface area (Å²) in [5.41, 5.74) is 2.73. The largest absolute Gasteiger partial charge is 0.467 e. The average Bonchev–Trinajstić information content (AvgIpc) is 2.86. The van der Waals surface area contributed by atoms with Crippen LogP contribution in [0.5, 0.6) is 0 Å². The van der Waals surface area contributed by atoms with Gasteiger partial charge in [0.15, 0.2) is 5.78 Å². The third-order valence-electron chi connectivity index (χ3n) is 3.64. The van der Waals surface area contributed by atoms with Crippen molar-refractivity contribution in [1.29, 1.82) is 0 Å². The first-order valence-corrected chi connectivity index (χ1v) is 6.50. The van der Waals surface area contributed by atoms with Gasteiger partial charge >= 0.3 is 5.97 Å².